The number of hydrogen-bond donors (Lipinski definition) is 0. The number of fused-ring (bicyclic) bond motifs is 1. The second-order valence-corrected chi connectivity index (χ2v) is 7.01. The molecule has 0 radical (unpaired) electrons. The van der Waals surface area contributed by atoms with E-state index in [0.29, 0.717) is 5.56 Å². The van der Waals surface area contributed by atoms with Crippen LogP contribution >= 0.6 is 22.6 Å². The molecule has 0 saturated carbocycles. The molecule has 1 aliphatic rings. The average molecular weight is 445 g/mol. The summed E-state index contributed by atoms with van der Waals surface area (Å²) in [6.07, 6.45) is 1.96. The molecule has 126 valence electrons. The van der Waals surface area contributed by atoms with Crippen molar-refractivity contribution in [3.05, 3.63) is 51.4 Å². The minimum Gasteiger partial charge on any atom is -0.379 e. The van der Waals surface area contributed by atoms with Crippen LogP contribution in [0.5, 0.6) is 0 Å². The van der Waals surface area contributed by atoms with Crippen LogP contribution in [0.3, 0.4) is 0 Å². The third-order valence-electron chi connectivity index (χ3n) is 4.24. The molecule has 1 aromatic carbocycles. The maximum absolute atomic E-state index is 9.11. The van der Waals surface area contributed by atoms with Crippen LogP contribution in [-0.4, -0.2) is 45.8 Å². The monoisotopic (exact) mass is 445 g/mol. The summed E-state index contributed by atoms with van der Waals surface area (Å²) in [5.74, 6) is 0. The molecule has 0 bridgehead atoms. The van der Waals surface area contributed by atoms with Crippen molar-refractivity contribution >= 4 is 28.2 Å². The fraction of sp³-hybridized carbons (Fsp3) is 0.278. The first-order valence-electron chi connectivity index (χ1n) is 8.09. The summed E-state index contributed by atoms with van der Waals surface area (Å²) in [5, 5.41) is 13.8. The van der Waals surface area contributed by atoms with E-state index in [-0.39, 0.29) is 0 Å². The molecule has 0 N–H and O–H groups in total. The maximum Gasteiger partial charge on any atom is 0.169 e. The molecule has 1 fully saturated rings. The van der Waals surface area contributed by atoms with Crippen molar-refractivity contribution in [1.29, 1.82) is 5.26 Å². The van der Waals surface area contributed by atoms with E-state index in [9.17, 15) is 0 Å². The van der Waals surface area contributed by atoms with E-state index in [4.69, 9.17) is 15.0 Å². The van der Waals surface area contributed by atoms with Crippen molar-refractivity contribution in [2.75, 3.05) is 26.3 Å². The van der Waals surface area contributed by atoms with Crippen LogP contribution in [0.15, 0.2) is 36.5 Å². The number of benzene rings is 1. The number of hydrogen-bond acceptors (Lipinski definition) is 5. The van der Waals surface area contributed by atoms with Gasteiger partial charge in [0.25, 0.3) is 0 Å². The summed E-state index contributed by atoms with van der Waals surface area (Å²) < 4.78 is 8.20. The largest absolute Gasteiger partial charge is 0.379 e. The maximum atomic E-state index is 9.11. The van der Waals surface area contributed by atoms with E-state index in [1.165, 1.54) is 0 Å². The van der Waals surface area contributed by atoms with Gasteiger partial charge in [-0.3, -0.25) is 4.90 Å². The first-order valence-corrected chi connectivity index (χ1v) is 9.17. The van der Waals surface area contributed by atoms with E-state index in [1.807, 2.05) is 30.5 Å². The van der Waals surface area contributed by atoms with Crippen molar-refractivity contribution in [2.45, 2.75) is 6.54 Å². The normalized spacial score (nSPS) is 15.4. The van der Waals surface area contributed by atoms with Crippen LogP contribution < -0.4 is 0 Å². The van der Waals surface area contributed by atoms with Crippen LogP contribution in [0.25, 0.3) is 16.9 Å². The predicted octanol–water partition coefficient (Wildman–Crippen LogP) is 2.70. The van der Waals surface area contributed by atoms with Crippen LogP contribution in [-0.2, 0) is 11.3 Å². The number of halogens is 1. The van der Waals surface area contributed by atoms with Gasteiger partial charge < -0.3 is 4.74 Å². The van der Waals surface area contributed by atoms with Crippen LogP contribution in [0, 0.1) is 14.9 Å². The van der Waals surface area contributed by atoms with Gasteiger partial charge in [-0.2, -0.15) is 10.4 Å². The van der Waals surface area contributed by atoms with Crippen molar-refractivity contribution in [1.82, 2.24) is 19.5 Å². The highest BCUT2D eigenvalue weighted by Gasteiger charge is 2.16. The Morgan fingerprint density at radius 1 is 1.24 bits per heavy atom. The molecule has 25 heavy (non-hydrogen) atoms. The number of ether oxygens (including phenoxy) is 1. The lowest BCUT2D eigenvalue weighted by atomic mass is 10.1. The smallest absolute Gasteiger partial charge is 0.169 e. The first-order chi connectivity index (χ1) is 12.2. The van der Waals surface area contributed by atoms with Crippen LogP contribution in [0.2, 0.25) is 0 Å². The van der Waals surface area contributed by atoms with Gasteiger partial charge in [0.05, 0.1) is 34.1 Å². The van der Waals surface area contributed by atoms with Gasteiger partial charge in [-0.1, -0.05) is 12.1 Å². The van der Waals surface area contributed by atoms with E-state index >= 15 is 0 Å². The molecule has 3 aromatic rings. The zero-order valence-electron chi connectivity index (χ0n) is 13.5. The molecular formula is C18H16IN5O. The van der Waals surface area contributed by atoms with Gasteiger partial charge in [0, 0.05) is 31.4 Å². The quantitative estimate of drug-likeness (QED) is 0.581. The zero-order valence-corrected chi connectivity index (χ0v) is 15.7. The minimum atomic E-state index is 0.631. The SMILES string of the molecule is N#Cc1cccc(-c2nn3ccc(CN4CCOCC4)nc3c2I)c1. The standard InChI is InChI=1S/C18H16IN5O/c19-16-17(14-3-1-2-13(10-14)11-20)22-24-5-4-15(21-18(16)24)12-23-6-8-25-9-7-23/h1-5,10H,6-9,12H2. The summed E-state index contributed by atoms with van der Waals surface area (Å²) in [6.45, 7) is 4.27. The lowest BCUT2D eigenvalue weighted by molar-refractivity contribution is 0.0336. The third-order valence-corrected chi connectivity index (χ3v) is 5.23. The Bertz CT molecular complexity index is 956. The third kappa shape index (κ3) is 3.38. The zero-order chi connectivity index (χ0) is 17.2. The highest BCUT2D eigenvalue weighted by molar-refractivity contribution is 14.1. The number of morpholine rings is 1. The molecule has 3 heterocycles. The number of rotatable bonds is 3. The molecule has 0 atom stereocenters. The van der Waals surface area contributed by atoms with Gasteiger partial charge >= 0.3 is 0 Å². The predicted molar refractivity (Wildman–Crippen MR) is 102 cm³/mol. The summed E-state index contributed by atoms with van der Waals surface area (Å²) in [5.41, 5.74) is 4.30. The second-order valence-electron chi connectivity index (χ2n) is 5.93. The van der Waals surface area contributed by atoms with E-state index in [0.717, 1.165) is 59.0 Å². The van der Waals surface area contributed by atoms with Gasteiger partial charge in [-0.25, -0.2) is 9.50 Å². The Morgan fingerprint density at radius 2 is 2.08 bits per heavy atom. The van der Waals surface area contributed by atoms with Gasteiger partial charge in [-0.15, -0.1) is 0 Å². The highest BCUT2D eigenvalue weighted by Crippen LogP contribution is 2.27. The Morgan fingerprint density at radius 3 is 2.88 bits per heavy atom. The van der Waals surface area contributed by atoms with Crippen molar-refractivity contribution in [3.8, 4) is 17.3 Å². The van der Waals surface area contributed by atoms with Gasteiger partial charge in [-0.05, 0) is 40.8 Å². The van der Waals surface area contributed by atoms with Gasteiger partial charge in [0.1, 0.15) is 5.69 Å². The Kier molecular flexibility index (Phi) is 4.65. The molecule has 2 aromatic heterocycles. The van der Waals surface area contributed by atoms with E-state index < -0.39 is 0 Å². The average Bonchev–Trinajstić information content (AvgIpc) is 2.99. The molecule has 0 aliphatic carbocycles. The van der Waals surface area contributed by atoms with Gasteiger partial charge in [0.2, 0.25) is 0 Å². The topological polar surface area (TPSA) is 66.5 Å². The summed E-state index contributed by atoms with van der Waals surface area (Å²) in [4.78, 5) is 7.15. The Balaban J connectivity index is 1.68. The van der Waals surface area contributed by atoms with Crippen molar-refractivity contribution in [2.24, 2.45) is 0 Å². The van der Waals surface area contributed by atoms with Crippen molar-refractivity contribution < 1.29 is 4.74 Å². The molecule has 7 heteroatoms. The molecule has 6 nitrogen and oxygen atoms in total. The number of nitrogens with zero attached hydrogens (tertiary/aromatic N) is 5. The molecule has 0 spiro atoms. The van der Waals surface area contributed by atoms with E-state index in [1.54, 1.807) is 10.6 Å². The van der Waals surface area contributed by atoms with Crippen LogP contribution in [0.4, 0.5) is 0 Å². The molecule has 0 unspecified atom stereocenters. The fourth-order valence-electron chi connectivity index (χ4n) is 2.94. The minimum absolute atomic E-state index is 0.631. The second kappa shape index (κ2) is 7.07. The van der Waals surface area contributed by atoms with E-state index in [2.05, 4.69) is 38.7 Å². The van der Waals surface area contributed by atoms with Crippen molar-refractivity contribution in [3.63, 3.8) is 0 Å². The molecular weight excluding hydrogens is 429 g/mol. The lowest BCUT2D eigenvalue weighted by Crippen LogP contribution is -2.35. The Hall–Kier alpha value is -2.02. The van der Waals surface area contributed by atoms with Gasteiger partial charge in [0.15, 0.2) is 5.65 Å². The summed E-state index contributed by atoms with van der Waals surface area (Å²) in [6, 6.07) is 11.7. The molecule has 1 saturated heterocycles. The first kappa shape index (κ1) is 16.4. The van der Waals surface area contributed by atoms with Crippen LogP contribution in [0.1, 0.15) is 11.3 Å². The Labute approximate surface area is 159 Å². The number of aromatic nitrogens is 3. The molecule has 1 aliphatic heterocycles. The number of nitriles is 1. The fourth-order valence-corrected chi connectivity index (χ4v) is 3.72. The summed E-state index contributed by atoms with van der Waals surface area (Å²) in [7, 11) is 0. The lowest BCUT2D eigenvalue weighted by Gasteiger charge is -2.26. The molecule has 4 rings (SSSR count). The summed E-state index contributed by atoms with van der Waals surface area (Å²) >= 11 is 2.29. The molecule has 0 amide bonds. The highest BCUT2D eigenvalue weighted by atomic mass is 127.